The van der Waals surface area contributed by atoms with Gasteiger partial charge in [-0.2, -0.15) is 0 Å². The minimum Gasteiger partial charge on any atom is -0.456 e. The van der Waals surface area contributed by atoms with Crippen molar-refractivity contribution in [1.29, 1.82) is 0 Å². The molecule has 0 N–H and O–H groups in total. The molecule has 148 heavy (non-hydrogen) atoms. The number of hydrogen-bond acceptors (Lipinski definition) is 6. The van der Waals surface area contributed by atoms with E-state index in [-0.39, 0.29) is 0 Å². The molecule has 25 aromatic carbocycles. The number of rotatable bonds is 18. The van der Waals surface area contributed by atoms with Crippen LogP contribution in [0, 0.1) is 0 Å². The van der Waals surface area contributed by atoms with Crippen molar-refractivity contribution in [2.45, 2.75) is 0 Å². The van der Waals surface area contributed by atoms with Crippen LogP contribution in [-0.4, -0.2) is 0 Å². The van der Waals surface area contributed by atoms with Crippen molar-refractivity contribution in [3.05, 3.63) is 576 Å². The van der Waals surface area contributed by atoms with Gasteiger partial charge in [-0.3, -0.25) is 0 Å². The first kappa shape index (κ1) is 88.9. The summed E-state index contributed by atoms with van der Waals surface area (Å²) in [7, 11) is 0. The lowest BCUT2D eigenvalue weighted by molar-refractivity contribution is 0.668. The summed E-state index contributed by atoms with van der Waals surface area (Å²) in [5, 5.41) is 17.1. The van der Waals surface area contributed by atoms with Crippen molar-refractivity contribution >= 4 is 170 Å². The highest BCUT2D eigenvalue weighted by molar-refractivity contribution is 7.25. The van der Waals surface area contributed by atoms with Gasteiger partial charge in [-0.05, 0) is 271 Å². The number of hydrogen-bond donors (Lipinski definition) is 0. The van der Waals surface area contributed by atoms with Gasteiger partial charge in [0.15, 0.2) is 0 Å². The lowest BCUT2D eigenvalue weighted by Gasteiger charge is -2.26. The van der Waals surface area contributed by atoms with Gasteiger partial charge in [0.2, 0.25) is 0 Å². The molecule has 0 unspecified atom stereocenters. The lowest BCUT2D eigenvalue weighted by atomic mass is 9.92. The highest BCUT2D eigenvalue weighted by Crippen LogP contribution is 2.49. The number of nitrogens with zero attached hydrogens (tertiary/aromatic N) is 3. The van der Waals surface area contributed by atoms with Crippen LogP contribution in [0.4, 0.5) is 51.2 Å². The number of anilines is 9. The van der Waals surface area contributed by atoms with Crippen LogP contribution < -0.4 is 14.7 Å². The summed E-state index contributed by atoms with van der Waals surface area (Å²) in [5.41, 5.74) is 35.2. The second-order valence-electron chi connectivity index (χ2n) is 37.6. The summed E-state index contributed by atoms with van der Waals surface area (Å²) < 4.78 is 15.3. The van der Waals surface area contributed by atoms with Crippen molar-refractivity contribution in [3.63, 3.8) is 0 Å². The summed E-state index contributed by atoms with van der Waals surface area (Å²) in [4.78, 5) is 7.00. The average molecular weight is 1910 g/mol. The molecule has 0 saturated carbocycles. The molecule has 0 aliphatic carbocycles. The van der Waals surface area contributed by atoms with E-state index in [9.17, 15) is 0 Å². The molecule has 28 rings (SSSR count). The molecule has 6 heteroatoms. The van der Waals surface area contributed by atoms with Gasteiger partial charge in [0, 0.05) is 105 Å². The highest BCUT2D eigenvalue weighted by atomic mass is 32.1. The molecule has 0 saturated heterocycles. The normalized spacial score (nSPS) is 11.4. The Morgan fingerprint density at radius 1 is 0.122 bits per heavy atom. The van der Waals surface area contributed by atoms with Crippen LogP contribution in [0.1, 0.15) is 0 Å². The summed E-state index contributed by atoms with van der Waals surface area (Å²) in [5.74, 6) is 0. The second-order valence-corrected chi connectivity index (χ2v) is 38.7. The van der Waals surface area contributed by atoms with E-state index in [4.69, 9.17) is 8.83 Å². The average Bonchev–Trinajstić information content (AvgIpc) is 1.27. The van der Waals surface area contributed by atoms with E-state index in [1.807, 2.05) is 35.6 Å². The zero-order valence-electron chi connectivity index (χ0n) is 80.9. The number of benzene rings is 25. The number of thiophene rings is 1. The van der Waals surface area contributed by atoms with Crippen molar-refractivity contribution in [2.75, 3.05) is 14.7 Å². The quantitative estimate of drug-likeness (QED) is 0.0856. The summed E-state index contributed by atoms with van der Waals surface area (Å²) >= 11 is 1.86. The smallest absolute Gasteiger partial charge is 0.137 e. The molecule has 0 bridgehead atoms. The zero-order valence-corrected chi connectivity index (χ0v) is 81.7. The minimum absolute atomic E-state index is 0.873. The van der Waals surface area contributed by atoms with Gasteiger partial charge in [-0.15, -0.1) is 11.3 Å². The fourth-order valence-corrected chi connectivity index (χ4v) is 22.8. The molecule has 3 aromatic heterocycles. The van der Waals surface area contributed by atoms with Gasteiger partial charge in [0.1, 0.15) is 22.3 Å². The van der Waals surface area contributed by atoms with E-state index >= 15 is 0 Å². The Balaban J connectivity index is 0.000000112. The van der Waals surface area contributed by atoms with Crippen LogP contribution >= 0.6 is 11.3 Å². The fraction of sp³-hybridized carbons (Fsp3) is 0. The SMILES string of the molecule is c1ccc(-c2ccc(-c3ccc(N(c4ccc(-c5cccc6ccccc56)cc4)c4ccc5c(c4)oc4ccccc45)cc3)c3ccccc23)cc1.c1ccc(-c2ccc(N(c3ccc(-c4ccc(-c5ccccc5)c5ccccc45)cc3)c3ccc4c(c3)oc3ccccc34)cc2)cc1.c1ccc(-c2ccc(N(c3ccc(-c4ccc(-c5ccccc5)c5ccccc45)cc3)c3ccc4c(c3)sc3ccccc34)cc2)cc1. The first-order valence-electron chi connectivity index (χ1n) is 50.5. The third-order valence-corrected chi connectivity index (χ3v) is 30.0. The van der Waals surface area contributed by atoms with Gasteiger partial charge >= 0.3 is 0 Å². The third-order valence-electron chi connectivity index (χ3n) is 28.9. The maximum absolute atomic E-state index is 6.37. The maximum Gasteiger partial charge on any atom is 0.137 e. The van der Waals surface area contributed by atoms with E-state index in [1.54, 1.807) is 0 Å². The molecule has 3 heterocycles. The molecule has 0 spiro atoms. The second kappa shape index (κ2) is 39.2. The molecule has 0 aliphatic rings. The minimum atomic E-state index is 0.873. The lowest BCUT2D eigenvalue weighted by Crippen LogP contribution is -2.09. The van der Waals surface area contributed by atoms with Crippen LogP contribution in [0.15, 0.2) is 585 Å². The molecule has 0 fully saturated rings. The molecule has 28 aromatic rings. The molecule has 696 valence electrons. The standard InChI is InChI=1S/C50H33NO.C46H31NO.C46H31NS/c1-2-11-34(12-3-1)43-31-32-44(46-17-7-6-16-45(43)46)37-23-27-39(28-24-37)51(40-29-30-48-47-18-8-9-20-49(47)52-50(48)33-40)38-25-21-36(22-26-38)42-19-10-14-35-13-4-5-15-41(35)42;2*1-3-11-32(12-4-1)33-19-23-36(24-20-33)47(38-27-28-44-43-17-9-10-18-45(43)48-46(44)31-38)37-25-21-35(22-26-37)40-30-29-39(34-13-5-2-6-14-34)41-15-7-8-16-42(40)41/h1-33H;2*1-31H. The van der Waals surface area contributed by atoms with Crippen molar-refractivity contribution in [3.8, 4) is 100 Å². The maximum atomic E-state index is 6.37. The first-order valence-corrected chi connectivity index (χ1v) is 51.3. The first-order chi connectivity index (χ1) is 73.4. The predicted molar refractivity (Wildman–Crippen MR) is 630 cm³/mol. The molecule has 0 aliphatic heterocycles. The molecular weight excluding hydrogens is 1810 g/mol. The number of fused-ring (bicyclic) bond motifs is 13. The Kier molecular flexibility index (Phi) is 23.6. The van der Waals surface area contributed by atoms with Gasteiger partial charge < -0.3 is 23.5 Å². The predicted octanol–water partition coefficient (Wildman–Crippen LogP) is 41.3. The Bertz CT molecular complexity index is 9370. The zero-order chi connectivity index (χ0) is 98.2. The molecule has 0 atom stereocenters. The molecule has 0 radical (unpaired) electrons. The third kappa shape index (κ3) is 17.2. The Morgan fingerprint density at radius 2 is 0.338 bits per heavy atom. The van der Waals surface area contributed by atoms with Crippen molar-refractivity contribution < 1.29 is 8.83 Å². The monoisotopic (exact) mass is 1910 g/mol. The molecule has 5 nitrogen and oxygen atoms in total. The van der Waals surface area contributed by atoms with Crippen molar-refractivity contribution in [1.82, 2.24) is 0 Å². The van der Waals surface area contributed by atoms with E-state index in [0.717, 1.165) is 95.1 Å². The number of para-hydroxylation sites is 2. The van der Waals surface area contributed by atoms with Crippen LogP contribution in [0.2, 0.25) is 0 Å². The van der Waals surface area contributed by atoms with Gasteiger partial charge in [0.05, 0.1) is 0 Å². The van der Waals surface area contributed by atoms with E-state index in [0.29, 0.717) is 0 Å². The summed E-state index contributed by atoms with van der Waals surface area (Å²) in [6.07, 6.45) is 0. The topological polar surface area (TPSA) is 36.0 Å². The van der Waals surface area contributed by atoms with Crippen molar-refractivity contribution in [2.24, 2.45) is 0 Å². The van der Waals surface area contributed by atoms with Crippen LogP contribution in [0.5, 0.6) is 0 Å². The highest BCUT2D eigenvalue weighted by Gasteiger charge is 2.24. The Labute approximate surface area is 863 Å². The Hall–Kier alpha value is -19.2. The molecule has 0 amide bonds. The van der Waals surface area contributed by atoms with Gasteiger partial charge in [-0.1, -0.05) is 437 Å². The van der Waals surface area contributed by atoms with Crippen LogP contribution in [-0.2, 0) is 0 Å². The van der Waals surface area contributed by atoms with E-state index in [2.05, 4.69) is 567 Å². The van der Waals surface area contributed by atoms with Crippen LogP contribution in [0.3, 0.4) is 0 Å². The van der Waals surface area contributed by atoms with E-state index in [1.165, 1.54) is 163 Å². The summed E-state index contributed by atoms with van der Waals surface area (Å²) in [6, 6.07) is 207. The molecular formula is C142H95N3O2S. The van der Waals surface area contributed by atoms with Crippen LogP contribution in [0.25, 0.3) is 207 Å². The fourth-order valence-electron chi connectivity index (χ4n) is 21.7. The Morgan fingerprint density at radius 3 is 0.676 bits per heavy atom. The number of furan rings is 2. The van der Waals surface area contributed by atoms with E-state index < -0.39 is 0 Å². The van der Waals surface area contributed by atoms with Gasteiger partial charge in [0.25, 0.3) is 0 Å². The largest absolute Gasteiger partial charge is 0.456 e. The summed E-state index contributed by atoms with van der Waals surface area (Å²) in [6.45, 7) is 0. The van der Waals surface area contributed by atoms with Gasteiger partial charge in [-0.25, -0.2) is 0 Å².